The molecule has 0 radical (unpaired) electrons. The van der Waals surface area contributed by atoms with E-state index >= 15 is 0 Å². The Morgan fingerprint density at radius 3 is 0.950 bits per heavy atom. The Morgan fingerprint density at radius 2 is 0.600 bits per heavy atom. The molecule has 19 heteroatoms. The molecule has 1 atom stereocenters. The lowest BCUT2D eigenvalue weighted by Crippen LogP contribution is -2.48. The molecule has 0 aliphatic rings. The van der Waals surface area contributed by atoms with Gasteiger partial charge in [-0.15, -0.1) is 6.42 Å². The molecule has 0 bridgehead atoms. The Morgan fingerprint density at radius 1 is 0.325 bits per heavy atom. The van der Waals surface area contributed by atoms with Crippen molar-refractivity contribution in [3.05, 3.63) is 0 Å². The number of nitrogens with one attached hydrogen (secondary N) is 7. The van der Waals surface area contributed by atoms with Crippen LogP contribution in [0.4, 0.5) is 0 Å². The third-order valence-electron chi connectivity index (χ3n) is 13.3. The lowest BCUT2D eigenvalue weighted by Gasteiger charge is -2.18. The Hall–Kier alpha value is -4.35. The third kappa shape index (κ3) is 56.9. The van der Waals surface area contributed by atoms with Crippen LogP contribution in [0, 0.1) is 12.3 Å². The Balaban J connectivity index is 4.04. The molecule has 0 aromatic rings. The number of ether oxygens (including phenoxy) is 5. The van der Waals surface area contributed by atoms with Crippen LogP contribution in [-0.2, 0) is 57.2 Å². The van der Waals surface area contributed by atoms with Crippen molar-refractivity contribution in [2.45, 2.75) is 232 Å². The van der Waals surface area contributed by atoms with E-state index in [1.54, 1.807) is 0 Å². The zero-order chi connectivity index (χ0) is 58.5. The average molecular weight is 1140 g/mol. The lowest BCUT2D eigenvalue weighted by atomic mass is 10.0. The van der Waals surface area contributed by atoms with Crippen LogP contribution in [0.25, 0.3) is 0 Å². The van der Waals surface area contributed by atoms with Crippen LogP contribution >= 0.6 is 0 Å². The molecule has 7 N–H and O–H groups in total. The number of rotatable bonds is 61. The Kier molecular flexibility index (Phi) is 57.4. The second-order valence-electron chi connectivity index (χ2n) is 20.6. The van der Waals surface area contributed by atoms with Gasteiger partial charge in [0.05, 0.1) is 65.9 Å². The first-order valence-electron chi connectivity index (χ1n) is 31.4. The van der Waals surface area contributed by atoms with Crippen LogP contribution in [0.2, 0.25) is 0 Å². The van der Waals surface area contributed by atoms with Crippen LogP contribution < -0.4 is 37.2 Å². The molecule has 0 unspecified atom stereocenters. The highest BCUT2D eigenvalue weighted by Crippen LogP contribution is 2.14. The molecule has 464 valence electrons. The third-order valence-corrected chi connectivity index (χ3v) is 13.3. The maximum atomic E-state index is 13.1. The predicted octanol–water partition coefficient (Wildman–Crippen LogP) is 7.80. The normalized spacial score (nSPS) is 11.4. The number of unbranched alkanes of at least 4 members (excludes halogenated alkanes) is 24. The van der Waals surface area contributed by atoms with Gasteiger partial charge in [0.15, 0.2) is 0 Å². The van der Waals surface area contributed by atoms with E-state index in [2.05, 4.69) is 57.0 Å². The highest BCUT2D eigenvalue weighted by molar-refractivity contribution is 5.88. The summed E-state index contributed by atoms with van der Waals surface area (Å²) in [4.78, 5) is 86.9. The highest BCUT2D eigenvalue weighted by atomic mass is 16.5. The predicted molar refractivity (Wildman–Crippen MR) is 317 cm³/mol. The van der Waals surface area contributed by atoms with Crippen molar-refractivity contribution >= 4 is 41.4 Å². The van der Waals surface area contributed by atoms with E-state index < -0.39 is 17.9 Å². The smallest absolute Gasteiger partial charge is 0.242 e. The van der Waals surface area contributed by atoms with E-state index in [0.29, 0.717) is 65.4 Å². The molecule has 0 aliphatic carbocycles. The molecule has 0 rings (SSSR count). The van der Waals surface area contributed by atoms with Gasteiger partial charge in [-0.3, -0.25) is 33.6 Å². The van der Waals surface area contributed by atoms with Gasteiger partial charge in [-0.1, -0.05) is 174 Å². The molecule has 0 fully saturated rings. The molecule has 0 spiro atoms. The van der Waals surface area contributed by atoms with Crippen molar-refractivity contribution in [2.75, 3.05) is 105 Å². The van der Waals surface area contributed by atoms with Crippen molar-refractivity contribution < 1.29 is 57.2 Å². The number of terminal acetylenes is 1. The molecule has 0 aromatic carbocycles. The average Bonchev–Trinajstić information content (AvgIpc) is 3.44. The number of carbonyl (C=O) groups excluding carboxylic acids is 7. The van der Waals surface area contributed by atoms with E-state index in [1.807, 2.05) is 0 Å². The van der Waals surface area contributed by atoms with Gasteiger partial charge in [0.25, 0.3) is 0 Å². The Labute approximate surface area is 483 Å². The molecular formula is C61H113N7O12. The van der Waals surface area contributed by atoms with Crippen molar-refractivity contribution in [3.8, 4) is 12.3 Å². The number of hydrogen-bond acceptors (Lipinski definition) is 12. The Bertz CT molecular complexity index is 1570. The monoisotopic (exact) mass is 1140 g/mol. The van der Waals surface area contributed by atoms with Gasteiger partial charge in [-0.25, -0.2) is 0 Å². The molecule has 0 aliphatic heterocycles. The van der Waals surface area contributed by atoms with E-state index in [-0.39, 0.29) is 114 Å². The van der Waals surface area contributed by atoms with Gasteiger partial charge in [0.2, 0.25) is 41.4 Å². The number of carbonyl (C=O) groups is 7. The zero-order valence-electron chi connectivity index (χ0n) is 50.2. The lowest BCUT2D eigenvalue weighted by molar-refractivity contribution is -0.130. The van der Waals surface area contributed by atoms with Gasteiger partial charge in [-0.05, 0) is 19.3 Å². The summed E-state index contributed by atoms with van der Waals surface area (Å²) in [6.45, 7) is 8.33. The molecule has 0 heterocycles. The van der Waals surface area contributed by atoms with Crippen LogP contribution in [0.5, 0.6) is 0 Å². The largest absolute Gasteiger partial charge is 0.379 e. The molecule has 0 saturated carbocycles. The summed E-state index contributed by atoms with van der Waals surface area (Å²) in [5.74, 6) is 0.689. The molecule has 80 heavy (non-hydrogen) atoms. The van der Waals surface area contributed by atoms with Gasteiger partial charge in [-0.2, -0.15) is 0 Å². The fraction of sp³-hybridized carbons (Fsp3) is 0.852. The maximum absolute atomic E-state index is 13.1. The van der Waals surface area contributed by atoms with Crippen molar-refractivity contribution in [1.29, 1.82) is 0 Å². The van der Waals surface area contributed by atoms with Crippen LogP contribution in [0.3, 0.4) is 0 Å². The molecule has 7 amide bonds. The summed E-state index contributed by atoms with van der Waals surface area (Å²) in [5.41, 5.74) is 0. The summed E-state index contributed by atoms with van der Waals surface area (Å²) in [7, 11) is 0. The first-order valence-corrected chi connectivity index (χ1v) is 31.4. The first-order chi connectivity index (χ1) is 39.1. The minimum Gasteiger partial charge on any atom is -0.379 e. The molecular weight excluding hydrogens is 1020 g/mol. The van der Waals surface area contributed by atoms with E-state index in [0.717, 1.165) is 25.7 Å². The highest BCUT2D eigenvalue weighted by Gasteiger charge is 2.22. The molecule has 0 aromatic heterocycles. The van der Waals surface area contributed by atoms with Gasteiger partial charge in [0.1, 0.15) is 12.6 Å². The summed E-state index contributed by atoms with van der Waals surface area (Å²) in [5, 5.41) is 19.4. The van der Waals surface area contributed by atoms with Crippen LogP contribution in [0.1, 0.15) is 226 Å². The minimum absolute atomic E-state index is 0.0203. The van der Waals surface area contributed by atoms with Gasteiger partial charge < -0.3 is 60.9 Å². The molecule has 19 nitrogen and oxygen atoms in total. The SMILES string of the molecule is C#CCOCCC(=O)N[C@@H](CCC(=O)NCCOCCC(=O)NCCOCCNC(=O)CCCCCCCCCCCCCCC)C(=O)NCCOCCC(=O)NCCOCCNC(=O)CCCCCCCCCCCCCCC. The van der Waals surface area contributed by atoms with Crippen LogP contribution in [0.15, 0.2) is 0 Å². The number of amides is 7. The quantitative estimate of drug-likeness (QED) is 0.0228. The van der Waals surface area contributed by atoms with E-state index in [1.165, 1.54) is 141 Å². The fourth-order valence-electron chi connectivity index (χ4n) is 8.58. The van der Waals surface area contributed by atoms with Crippen molar-refractivity contribution in [3.63, 3.8) is 0 Å². The second-order valence-corrected chi connectivity index (χ2v) is 20.6. The summed E-state index contributed by atoms with van der Waals surface area (Å²) < 4.78 is 27.2. The van der Waals surface area contributed by atoms with Gasteiger partial charge in [0, 0.05) is 71.4 Å². The van der Waals surface area contributed by atoms with Crippen molar-refractivity contribution in [1.82, 2.24) is 37.2 Å². The first kappa shape index (κ1) is 75.7. The van der Waals surface area contributed by atoms with Crippen LogP contribution in [-0.4, -0.2) is 153 Å². The summed E-state index contributed by atoms with van der Waals surface area (Å²) in [6.07, 6.45) is 39.4. The zero-order valence-corrected chi connectivity index (χ0v) is 50.2. The molecule has 0 saturated heterocycles. The van der Waals surface area contributed by atoms with Gasteiger partial charge >= 0.3 is 0 Å². The number of hydrogen-bond donors (Lipinski definition) is 7. The summed E-state index contributed by atoms with van der Waals surface area (Å²) >= 11 is 0. The topological polar surface area (TPSA) is 250 Å². The standard InChI is InChI=1S/C61H113N7O12/c1-4-7-9-11-13-15-17-19-21-23-25-27-29-31-55(69)62-39-49-79-51-41-65-58(72)35-45-77-48-38-64-57(71)34-33-54(68-60(74)37-47-76-44-6-3)61(75)67-43-53-78-46-36-59(73)66-42-52-80-50-40-63-56(70)32-30-28-26-24-22-20-18-16-14-12-10-8-5-2/h3,54H,4-5,7-53H2,1-2H3,(H,62,69)(H,63,70)(H,64,71)(H,65,72)(H,66,73)(H,67,75)(H,68,74)/t54-/m0/s1. The van der Waals surface area contributed by atoms with E-state index in [4.69, 9.17) is 30.1 Å². The van der Waals surface area contributed by atoms with Crippen molar-refractivity contribution in [2.24, 2.45) is 0 Å². The fourth-order valence-corrected chi connectivity index (χ4v) is 8.58. The minimum atomic E-state index is -1.01. The second kappa shape index (κ2) is 60.7. The van der Waals surface area contributed by atoms with E-state index in [9.17, 15) is 33.6 Å². The maximum Gasteiger partial charge on any atom is 0.242 e. The summed E-state index contributed by atoms with van der Waals surface area (Å²) in [6, 6.07) is -1.01.